The van der Waals surface area contributed by atoms with Crippen LogP contribution < -0.4 is 5.56 Å². The van der Waals surface area contributed by atoms with Crippen LogP contribution in [0.15, 0.2) is 53.3 Å². The minimum absolute atomic E-state index is 0. The molecule has 1 aromatic heterocycles. The van der Waals surface area contributed by atoms with Crippen LogP contribution in [0.5, 0.6) is 0 Å². The molecule has 3 aromatic rings. The molecular weight excluding hydrogens is 415 g/mol. The molecule has 1 saturated heterocycles. The van der Waals surface area contributed by atoms with E-state index in [0.717, 1.165) is 33.7 Å². The summed E-state index contributed by atoms with van der Waals surface area (Å²) in [5.41, 5.74) is 1.37. The monoisotopic (exact) mass is 438 g/mol. The smallest absolute Gasteiger partial charge is 0.147 e. The predicted molar refractivity (Wildman–Crippen MR) is 108 cm³/mol. The Bertz CT molecular complexity index is 1010. The maximum absolute atomic E-state index is 12.8. The van der Waals surface area contributed by atoms with Crippen molar-refractivity contribution in [3.8, 4) is 5.69 Å². The predicted octanol–water partition coefficient (Wildman–Crippen LogP) is 3.95. The summed E-state index contributed by atoms with van der Waals surface area (Å²) >= 11 is -0.0406. The summed E-state index contributed by atoms with van der Waals surface area (Å²) in [6.07, 6.45) is 1.82. The molecule has 1 N–H and O–H groups in total. The second-order valence-electron chi connectivity index (χ2n) is 7.64. The van der Waals surface area contributed by atoms with Crippen LogP contribution in [0.1, 0.15) is 39.2 Å². The Morgan fingerprint density at radius 1 is 1.04 bits per heavy atom. The van der Waals surface area contributed by atoms with Gasteiger partial charge in [0.05, 0.1) is 0 Å². The van der Waals surface area contributed by atoms with Crippen LogP contribution in [0.3, 0.4) is 0 Å². The van der Waals surface area contributed by atoms with Gasteiger partial charge in [0.1, 0.15) is 0 Å². The van der Waals surface area contributed by atoms with Crippen molar-refractivity contribution in [2.75, 3.05) is 0 Å². The minimum atomic E-state index is -0.428. The Morgan fingerprint density at radius 2 is 1.77 bits per heavy atom. The third kappa shape index (κ3) is 2.88. The van der Waals surface area contributed by atoms with Gasteiger partial charge in [-0.05, 0) is 0 Å². The molecule has 4 nitrogen and oxygen atoms in total. The van der Waals surface area contributed by atoms with E-state index in [1.54, 1.807) is 0 Å². The number of nitrogens with zero attached hydrogens (tertiary/aromatic N) is 2. The van der Waals surface area contributed by atoms with Crippen LogP contribution in [0.2, 0.25) is 0 Å². The quantitative estimate of drug-likeness (QED) is 0.617. The number of hydrogen-bond donors (Lipinski definition) is 1. The van der Waals surface area contributed by atoms with E-state index in [-0.39, 0.29) is 38.2 Å². The van der Waals surface area contributed by atoms with E-state index < -0.39 is 5.54 Å². The fraction of sp³-hybridized carbons (Fsp3) is 0.350. The summed E-state index contributed by atoms with van der Waals surface area (Å²) in [4.78, 5) is 12.8. The fourth-order valence-corrected chi connectivity index (χ4v) is 5.88. The van der Waals surface area contributed by atoms with Crippen molar-refractivity contribution in [3.63, 3.8) is 0 Å². The Labute approximate surface area is 165 Å². The number of benzene rings is 2. The van der Waals surface area contributed by atoms with Crippen molar-refractivity contribution in [1.82, 2.24) is 8.63 Å². The van der Waals surface area contributed by atoms with Crippen LogP contribution in [0.25, 0.3) is 15.3 Å². The molecule has 6 heteroatoms. The first-order valence-corrected chi connectivity index (χ1v) is 10.2. The van der Waals surface area contributed by atoms with Gasteiger partial charge in [0.2, 0.25) is 0 Å². The number of hydrogen-bond acceptors (Lipinski definition) is 3. The van der Waals surface area contributed by atoms with Crippen LogP contribution in [-0.2, 0) is 5.54 Å². The van der Waals surface area contributed by atoms with Crippen molar-refractivity contribution < 1.29 is 5.21 Å². The molecule has 0 spiro atoms. The van der Waals surface area contributed by atoms with Gasteiger partial charge in [-0.25, -0.2) is 0 Å². The maximum atomic E-state index is 12.8. The Hall–Kier alpha value is -1.36. The molecule has 0 aliphatic carbocycles. The van der Waals surface area contributed by atoms with Crippen LogP contribution in [0.4, 0.5) is 0 Å². The first-order chi connectivity index (χ1) is 11.8. The van der Waals surface area contributed by atoms with E-state index in [1.807, 2.05) is 40.0 Å². The maximum Gasteiger partial charge on any atom is -0.147 e. The molecule has 26 heavy (non-hydrogen) atoms. The molecule has 2 heterocycles. The Kier molecular flexibility index (Phi) is 4.97. The minimum Gasteiger partial charge on any atom is -0.147 e. The third-order valence-corrected chi connectivity index (χ3v) is 7.79. The Morgan fingerprint density at radius 3 is 2.42 bits per heavy atom. The van der Waals surface area contributed by atoms with Gasteiger partial charge < -0.3 is 0 Å². The summed E-state index contributed by atoms with van der Waals surface area (Å²) in [6, 6.07) is 15.9. The molecule has 1 unspecified atom stereocenters. The zero-order valence-corrected chi connectivity index (χ0v) is 17.6. The molecule has 138 valence electrons. The standard InChI is InChI=1S/C20H22N2O2Se.ClH/c1-19(2)11-12-20(3,22(19)24)14-7-6-8-15(13-14)21-18(23)16-9-4-5-10-17(16)25-21;/h4-10,13,24H,11-12H2,1-3H3;1H. The summed E-state index contributed by atoms with van der Waals surface area (Å²) in [5, 5.41) is 13.0. The number of fused-ring (bicyclic) bond motifs is 1. The number of hydroxylamine groups is 2. The van der Waals surface area contributed by atoms with E-state index in [2.05, 4.69) is 32.9 Å². The van der Waals surface area contributed by atoms with Crippen LogP contribution >= 0.6 is 12.4 Å². The molecule has 0 radical (unpaired) electrons. The molecule has 0 amide bonds. The second kappa shape index (κ2) is 6.66. The largest absolute Gasteiger partial charge is 0.147 e. The van der Waals surface area contributed by atoms with Gasteiger partial charge in [-0.15, -0.1) is 12.4 Å². The average Bonchev–Trinajstić information content (AvgIpc) is 3.06. The van der Waals surface area contributed by atoms with E-state index >= 15 is 0 Å². The fourth-order valence-electron chi connectivity index (χ4n) is 3.81. The summed E-state index contributed by atoms with van der Waals surface area (Å²) < 4.78 is 3.01. The molecule has 0 bridgehead atoms. The SMILES string of the molecule is CC1(C)CCC(C)(c2cccc(-n3[se]c4ccccc4c3=O)c2)N1O.Cl. The van der Waals surface area contributed by atoms with E-state index in [0.29, 0.717) is 0 Å². The van der Waals surface area contributed by atoms with Crippen molar-refractivity contribution in [3.05, 3.63) is 64.4 Å². The van der Waals surface area contributed by atoms with Crippen LogP contribution in [0, 0.1) is 0 Å². The first kappa shape index (κ1) is 19.4. The van der Waals surface area contributed by atoms with Gasteiger partial charge in [-0.1, -0.05) is 0 Å². The third-order valence-electron chi connectivity index (χ3n) is 5.46. The van der Waals surface area contributed by atoms with Crippen LogP contribution in [-0.4, -0.2) is 34.1 Å². The van der Waals surface area contributed by atoms with E-state index in [1.165, 1.54) is 5.06 Å². The zero-order chi connectivity index (χ0) is 17.8. The van der Waals surface area contributed by atoms with Crippen molar-refractivity contribution >= 4 is 36.8 Å². The summed E-state index contributed by atoms with van der Waals surface area (Å²) in [5.74, 6) is 0. The van der Waals surface area contributed by atoms with Gasteiger partial charge in [-0.2, -0.15) is 0 Å². The summed E-state index contributed by atoms with van der Waals surface area (Å²) in [6.45, 7) is 6.20. The van der Waals surface area contributed by atoms with Gasteiger partial charge in [0.25, 0.3) is 0 Å². The van der Waals surface area contributed by atoms with Gasteiger partial charge >= 0.3 is 153 Å². The zero-order valence-electron chi connectivity index (χ0n) is 15.1. The summed E-state index contributed by atoms with van der Waals surface area (Å²) in [7, 11) is 0. The molecule has 1 aliphatic heterocycles. The molecule has 4 rings (SSSR count). The second-order valence-corrected chi connectivity index (χ2v) is 9.71. The van der Waals surface area contributed by atoms with Crippen molar-refractivity contribution in [2.45, 2.75) is 44.7 Å². The number of halogens is 1. The van der Waals surface area contributed by atoms with Gasteiger partial charge in [-0.3, -0.25) is 0 Å². The van der Waals surface area contributed by atoms with E-state index in [9.17, 15) is 10.0 Å². The molecule has 1 atom stereocenters. The van der Waals surface area contributed by atoms with Crippen molar-refractivity contribution in [2.24, 2.45) is 0 Å². The van der Waals surface area contributed by atoms with Crippen molar-refractivity contribution in [1.29, 1.82) is 0 Å². The average molecular weight is 438 g/mol. The van der Waals surface area contributed by atoms with E-state index in [4.69, 9.17) is 0 Å². The molecule has 0 saturated carbocycles. The number of aromatic nitrogens is 1. The number of rotatable bonds is 2. The van der Waals surface area contributed by atoms with Gasteiger partial charge in [0, 0.05) is 0 Å². The molecule has 2 aromatic carbocycles. The molecular formula is C20H23ClN2O2Se. The van der Waals surface area contributed by atoms with Gasteiger partial charge in [0.15, 0.2) is 0 Å². The first-order valence-electron chi connectivity index (χ1n) is 8.54. The Balaban J connectivity index is 0.00000196. The molecule has 1 fully saturated rings. The molecule has 1 aliphatic rings. The normalized spacial score (nSPS) is 22.5. The topological polar surface area (TPSA) is 45.5 Å².